The van der Waals surface area contributed by atoms with Gasteiger partial charge in [0, 0.05) is 11.6 Å². The Balaban J connectivity index is 1.78. The van der Waals surface area contributed by atoms with Crippen LogP contribution in [0.15, 0.2) is 60.8 Å². The van der Waals surface area contributed by atoms with E-state index in [0.29, 0.717) is 23.4 Å². The minimum Gasteiger partial charge on any atom is -0.494 e. The number of nitrogens with zero attached hydrogens (tertiary/aromatic N) is 1. The first kappa shape index (κ1) is 15.0. The van der Waals surface area contributed by atoms with E-state index >= 15 is 0 Å². The molecule has 3 rings (SSSR count). The van der Waals surface area contributed by atoms with Gasteiger partial charge >= 0.3 is 5.97 Å². The van der Waals surface area contributed by atoms with Gasteiger partial charge in [-0.1, -0.05) is 25.1 Å². The monoisotopic (exact) mass is 307 g/mol. The number of para-hydroxylation sites is 1. The van der Waals surface area contributed by atoms with Gasteiger partial charge in [0.25, 0.3) is 0 Å². The lowest BCUT2D eigenvalue weighted by molar-refractivity contribution is 0.0736. The van der Waals surface area contributed by atoms with Crippen molar-refractivity contribution < 1.29 is 14.3 Å². The molecule has 4 nitrogen and oxygen atoms in total. The third kappa shape index (κ3) is 3.48. The SMILES string of the molecule is CCCOc1ccc(C(=O)Oc2cccc3cccnc23)cc1. The molecule has 116 valence electrons. The number of ether oxygens (including phenoxy) is 2. The maximum absolute atomic E-state index is 12.3. The van der Waals surface area contributed by atoms with Crippen LogP contribution < -0.4 is 9.47 Å². The van der Waals surface area contributed by atoms with Crippen molar-refractivity contribution in [3.8, 4) is 11.5 Å². The highest BCUT2D eigenvalue weighted by molar-refractivity contribution is 5.94. The van der Waals surface area contributed by atoms with Crippen molar-refractivity contribution in [2.24, 2.45) is 0 Å². The number of carbonyl (C=O) groups is 1. The summed E-state index contributed by atoms with van der Waals surface area (Å²) < 4.78 is 11.0. The van der Waals surface area contributed by atoms with Gasteiger partial charge in [-0.25, -0.2) is 4.79 Å². The molecule has 0 bridgehead atoms. The molecule has 23 heavy (non-hydrogen) atoms. The number of rotatable bonds is 5. The predicted molar refractivity (Wildman–Crippen MR) is 88.9 cm³/mol. The molecular formula is C19H17NO3. The van der Waals surface area contributed by atoms with Crippen molar-refractivity contribution in [3.05, 3.63) is 66.4 Å². The quantitative estimate of drug-likeness (QED) is 0.522. The van der Waals surface area contributed by atoms with E-state index in [4.69, 9.17) is 9.47 Å². The van der Waals surface area contributed by atoms with E-state index in [-0.39, 0.29) is 0 Å². The van der Waals surface area contributed by atoms with Gasteiger partial charge in [0.2, 0.25) is 0 Å². The molecule has 0 N–H and O–H groups in total. The van der Waals surface area contributed by atoms with E-state index in [1.54, 1.807) is 36.5 Å². The van der Waals surface area contributed by atoms with Crippen LogP contribution in [0.1, 0.15) is 23.7 Å². The smallest absolute Gasteiger partial charge is 0.343 e. The molecule has 0 fully saturated rings. The summed E-state index contributed by atoms with van der Waals surface area (Å²) in [6.45, 7) is 2.70. The van der Waals surface area contributed by atoms with E-state index in [1.807, 2.05) is 31.2 Å². The molecule has 0 saturated heterocycles. The summed E-state index contributed by atoms with van der Waals surface area (Å²) >= 11 is 0. The molecule has 0 aliphatic heterocycles. The number of benzene rings is 2. The molecule has 1 aromatic heterocycles. The molecule has 0 aliphatic rings. The zero-order valence-electron chi connectivity index (χ0n) is 12.9. The van der Waals surface area contributed by atoms with Crippen LogP contribution in [0.5, 0.6) is 11.5 Å². The average molecular weight is 307 g/mol. The van der Waals surface area contributed by atoms with Crippen molar-refractivity contribution in [2.45, 2.75) is 13.3 Å². The van der Waals surface area contributed by atoms with Gasteiger partial charge in [-0.05, 0) is 42.8 Å². The largest absolute Gasteiger partial charge is 0.494 e. The highest BCUT2D eigenvalue weighted by atomic mass is 16.5. The molecule has 2 aromatic carbocycles. The fraction of sp³-hybridized carbons (Fsp3) is 0.158. The van der Waals surface area contributed by atoms with Gasteiger partial charge in [-0.2, -0.15) is 0 Å². The Morgan fingerprint density at radius 1 is 1.04 bits per heavy atom. The summed E-state index contributed by atoms with van der Waals surface area (Å²) in [6.07, 6.45) is 2.62. The minimum absolute atomic E-state index is 0.412. The fourth-order valence-electron chi connectivity index (χ4n) is 2.22. The number of hydrogen-bond donors (Lipinski definition) is 0. The molecule has 0 spiro atoms. The van der Waals surface area contributed by atoms with Gasteiger partial charge in [-0.3, -0.25) is 4.98 Å². The average Bonchev–Trinajstić information content (AvgIpc) is 2.60. The Labute approximate surface area is 134 Å². The van der Waals surface area contributed by atoms with Crippen LogP contribution in [-0.4, -0.2) is 17.6 Å². The first-order valence-electron chi connectivity index (χ1n) is 7.56. The molecule has 3 aromatic rings. The number of esters is 1. The Morgan fingerprint density at radius 3 is 2.61 bits per heavy atom. The number of aromatic nitrogens is 1. The summed E-state index contributed by atoms with van der Waals surface area (Å²) in [4.78, 5) is 16.6. The molecule has 0 atom stereocenters. The van der Waals surface area contributed by atoms with Gasteiger partial charge < -0.3 is 9.47 Å². The molecule has 1 heterocycles. The van der Waals surface area contributed by atoms with Crippen LogP contribution in [0.3, 0.4) is 0 Å². The lowest BCUT2D eigenvalue weighted by Crippen LogP contribution is -2.09. The third-order valence-electron chi connectivity index (χ3n) is 3.36. The highest BCUT2D eigenvalue weighted by Crippen LogP contribution is 2.24. The van der Waals surface area contributed by atoms with E-state index in [9.17, 15) is 4.79 Å². The van der Waals surface area contributed by atoms with Gasteiger partial charge in [0.15, 0.2) is 5.75 Å². The van der Waals surface area contributed by atoms with E-state index in [2.05, 4.69) is 4.98 Å². The zero-order chi connectivity index (χ0) is 16.1. The Bertz CT molecular complexity index is 807. The lowest BCUT2D eigenvalue weighted by atomic mass is 10.2. The van der Waals surface area contributed by atoms with Crippen LogP contribution in [0, 0.1) is 0 Å². The predicted octanol–water partition coefficient (Wildman–Crippen LogP) is 4.24. The summed E-state index contributed by atoms with van der Waals surface area (Å²) in [7, 11) is 0. The molecule has 0 amide bonds. The van der Waals surface area contributed by atoms with Gasteiger partial charge in [-0.15, -0.1) is 0 Å². The summed E-state index contributed by atoms with van der Waals surface area (Å²) in [5.74, 6) is 0.792. The standard InChI is InChI=1S/C19H17NO3/c1-2-13-22-16-10-8-15(9-11-16)19(21)23-17-7-3-5-14-6-4-12-20-18(14)17/h3-12H,2,13H2,1H3. The third-order valence-corrected chi connectivity index (χ3v) is 3.36. The minimum atomic E-state index is -0.412. The number of pyridine rings is 1. The normalized spacial score (nSPS) is 10.5. The van der Waals surface area contributed by atoms with Gasteiger partial charge in [0.05, 0.1) is 12.2 Å². The second kappa shape index (κ2) is 6.92. The highest BCUT2D eigenvalue weighted by Gasteiger charge is 2.11. The molecule has 0 saturated carbocycles. The van der Waals surface area contributed by atoms with Crippen LogP contribution in [0.25, 0.3) is 10.9 Å². The van der Waals surface area contributed by atoms with Gasteiger partial charge in [0.1, 0.15) is 11.3 Å². The first-order chi connectivity index (χ1) is 11.3. The van der Waals surface area contributed by atoms with Crippen molar-refractivity contribution in [1.82, 2.24) is 4.98 Å². The maximum Gasteiger partial charge on any atom is 0.343 e. The summed E-state index contributed by atoms with van der Waals surface area (Å²) in [6, 6.07) is 16.2. The molecule has 4 heteroatoms. The van der Waals surface area contributed by atoms with Crippen LogP contribution in [-0.2, 0) is 0 Å². The molecule has 0 aliphatic carbocycles. The molecule has 0 unspecified atom stereocenters. The van der Waals surface area contributed by atoms with Crippen LogP contribution >= 0.6 is 0 Å². The van der Waals surface area contributed by atoms with Crippen molar-refractivity contribution in [1.29, 1.82) is 0 Å². The van der Waals surface area contributed by atoms with Crippen molar-refractivity contribution in [2.75, 3.05) is 6.61 Å². The van der Waals surface area contributed by atoms with E-state index in [0.717, 1.165) is 17.6 Å². The molecular weight excluding hydrogens is 290 g/mol. The topological polar surface area (TPSA) is 48.4 Å². The number of carbonyl (C=O) groups excluding carboxylic acids is 1. The second-order valence-corrected chi connectivity index (χ2v) is 5.09. The number of fused-ring (bicyclic) bond motifs is 1. The summed E-state index contributed by atoms with van der Waals surface area (Å²) in [5, 5.41) is 0.932. The summed E-state index contributed by atoms with van der Waals surface area (Å²) in [5.41, 5.74) is 1.15. The van der Waals surface area contributed by atoms with Crippen molar-refractivity contribution >= 4 is 16.9 Å². The van der Waals surface area contributed by atoms with Crippen LogP contribution in [0.4, 0.5) is 0 Å². The van der Waals surface area contributed by atoms with E-state index < -0.39 is 5.97 Å². The Kier molecular flexibility index (Phi) is 4.52. The van der Waals surface area contributed by atoms with Crippen LogP contribution in [0.2, 0.25) is 0 Å². The molecule has 0 radical (unpaired) electrons. The number of hydrogen-bond acceptors (Lipinski definition) is 4. The Morgan fingerprint density at radius 2 is 1.83 bits per heavy atom. The van der Waals surface area contributed by atoms with Crippen molar-refractivity contribution in [3.63, 3.8) is 0 Å². The second-order valence-electron chi connectivity index (χ2n) is 5.09. The zero-order valence-corrected chi connectivity index (χ0v) is 12.9. The lowest BCUT2D eigenvalue weighted by Gasteiger charge is -2.08. The maximum atomic E-state index is 12.3. The Hall–Kier alpha value is -2.88. The fourth-order valence-corrected chi connectivity index (χ4v) is 2.22. The first-order valence-corrected chi connectivity index (χ1v) is 7.56. The van der Waals surface area contributed by atoms with E-state index in [1.165, 1.54) is 0 Å².